The molecule has 2 aromatic carbocycles. The molecule has 0 aromatic heterocycles. The topological polar surface area (TPSA) is 46.6 Å². The summed E-state index contributed by atoms with van der Waals surface area (Å²) in [6.07, 6.45) is 0.680. The van der Waals surface area contributed by atoms with E-state index >= 15 is 0 Å². The van der Waals surface area contributed by atoms with Crippen molar-refractivity contribution < 1.29 is 14.3 Å². The van der Waals surface area contributed by atoms with Gasteiger partial charge in [0.2, 0.25) is 11.8 Å². The monoisotopic (exact) mass is 295 g/mol. The number of anilines is 1. The number of benzene rings is 2. The first-order valence-corrected chi connectivity index (χ1v) is 7.24. The Hall–Kier alpha value is -2.62. The molecule has 1 saturated heterocycles. The third-order valence-electron chi connectivity index (χ3n) is 3.92. The lowest BCUT2D eigenvalue weighted by Gasteiger charge is -2.30. The van der Waals surface area contributed by atoms with Crippen molar-refractivity contribution in [3.05, 3.63) is 60.2 Å². The van der Waals surface area contributed by atoms with Gasteiger partial charge < -0.3 is 4.74 Å². The molecule has 0 aliphatic carbocycles. The van der Waals surface area contributed by atoms with Gasteiger partial charge in [0, 0.05) is 24.8 Å². The van der Waals surface area contributed by atoms with Gasteiger partial charge in [0.1, 0.15) is 5.75 Å². The van der Waals surface area contributed by atoms with Crippen LogP contribution in [0, 0.1) is 0 Å². The molecule has 0 N–H and O–H groups in total. The number of hydrogen-bond acceptors (Lipinski definition) is 3. The number of amides is 2. The summed E-state index contributed by atoms with van der Waals surface area (Å²) in [7, 11) is 1.56. The number of hydrogen-bond donors (Lipinski definition) is 0. The first kappa shape index (κ1) is 14.3. The highest BCUT2D eigenvalue weighted by Gasteiger charge is 2.34. The molecule has 4 heteroatoms. The van der Waals surface area contributed by atoms with Gasteiger partial charge >= 0.3 is 0 Å². The normalized spacial score (nSPS) is 16.0. The van der Waals surface area contributed by atoms with Gasteiger partial charge in [-0.2, -0.15) is 0 Å². The van der Waals surface area contributed by atoms with Crippen LogP contribution in [0.1, 0.15) is 24.3 Å². The summed E-state index contributed by atoms with van der Waals surface area (Å²) in [6.45, 7) is 0. The molecule has 3 rings (SSSR count). The molecule has 1 heterocycles. The third-order valence-corrected chi connectivity index (χ3v) is 3.92. The highest BCUT2D eigenvalue weighted by molar-refractivity contribution is 6.17. The Morgan fingerprint density at radius 1 is 0.955 bits per heavy atom. The van der Waals surface area contributed by atoms with Crippen LogP contribution >= 0.6 is 0 Å². The SMILES string of the molecule is COc1cccc(N2C(=O)CC(c3ccccc3)CC2=O)c1. The summed E-state index contributed by atoms with van der Waals surface area (Å²) in [4.78, 5) is 26.2. The zero-order valence-electron chi connectivity index (χ0n) is 12.4. The molecule has 0 radical (unpaired) electrons. The molecule has 0 saturated carbocycles. The fourth-order valence-corrected chi connectivity index (χ4v) is 2.81. The van der Waals surface area contributed by atoms with Crippen LogP contribution in [0.2, 0.25) is 0 Å². The van der Waals surface area contributed by atoms with Crippen LogP contribution in [0.15, 0.2) is 54.6 Å². The van der Waals surface area contributed by atoms with Crippen LogP contribution in [0.4, 0.5) is 5.69 Å². The van der Waals surface area contributed by atoms with Gasteiger partial charge in [-0.25, -0.2) is 0 Å². The zero-order chi connectivity index (χ0) is 15.5. The first-order chi connectivity index (χ1) is 10.7. The minimum absolute atomic E-state index is 0.0388. The van der Waals surface area contributed by atoms with Gasteiger partial charge in [0.25, 0.3) is 0 Å². The van der Waals surface area contributed by atoms with Crippen LogP contribution in [0.25, 0.3) is 0 Å². The molecule has 4 nitrogen and oxygen atoms in total. The maximum absolute atomic E-state index is 12.5. The van der Waals surface area contributed by atoms with E-state index in [1.54, 1.807) is 31.4 Å². The molecule has 0 spiro atoms. The number of carbonyl (C=O) groups is 2. The molecule has 0 bridgehead atoms. The maximum Gasteiger partial charge on any atom is 0.234 e. The summed E-state index contributed by atoms with van der Waals surface area (Å²) in [6, 6.07) is 16.7. The number of carbonyl (C=O) groups excluding carboxylic acids is 2. The van der Waals surface area contributed by atoms with Crippen LogP contribution in [0.5, 0.6) is 5.75 Å². The Balaban J connectivity index is 1.85. The predicted octanol–water partition coefficient (Wildman–Crippen LogP) is 3.13. The van der Waals surface area contributed by atoms with Crippen LogP contribution < -0.4 is 9.64 Å². The lowest BCUT2D eigenvalue weighted by Crippen LogP contribution is -2.42. The maximum atomic E-state index is 12.5. The van der Waals surface area contributed by atoms with Crippen molar-refractivity contribution in [3.8, 4) is 5.75 Å². The molecular formula is C18H17NO3. The summed E-state index contributed by atoms with van der Waals surface area (Å²) in [5.41, 5.74) is 1.61. The molecule has 1 aliphatic rings. The van der Waals surface area contributed by atoms with E-state index in [0.717, 1.165) is 5.56 Å². The average Bonchev–Trinajstić information content (AvgIpc) is 2.55. The molecule has 0 atom stereocenters. The summed E-state index contributed by atoms with van der Waals surface area (Å²) < 4.78 is 5.16. The molecule has 2 amide bonds. The van der Waals surface area contributed by atoms with Gasteiger partial charge in [-0.3, -0.25) is 14.5 Å². The highest BCUT2D eigenvalue weighted by Crippen LogP contribution is 2.33. The second-order valence-corrected chi connectivity index (χ2v) is 5.34. The Labute approximate surface area is 129 Å². The number of ether oxygens (including phenoxy) is 1. The van der Waals surface area contributed by atoms with Gasteiger partial charge in [-0.15, -0.1) is 0 Å². The molecule has 112 valence electrons. The fraction of sp³-hybridized carbons (Fsp3) is 0.222. The number of piperidine rings is 1. The van der Waals surface area contributed by atoms with E-state index in [-0.39, 0.29) is 17.7 Å². The molecule has 0 unspecified atom stereocenters. The third kappa shape index (κ3) is 2.72. The first-order valence-electron chi connectivity index (χ1n) is 7.24. The molecule has 22 heavy (non-hydrogen) atoms. The van der Waals surface area contributed by atoms with E-state index in [1.807, 2.05) is 30.3 Å². The second-order valence-electron chi connectivity index (χ2n) is 5.34. The van der Waals surface area contributed by atoms with E-state index in [0.29, 0.717) is 24.3 Å². The number of imide groups is 1. The van der Waals surface area contributed by atoms with Crippen LogP contribution in [-0.2, 0) is 9.59 Å². The van der Waals surface area contributed by atoms with Crippen molar-refractivity contribution in [3.63, 3.8) is 0 Å². The summed E-state index contributed by atoms with van der Waals surface area (Å²) in [5.74, 6) is 0.253. The van der Waals surface area contributed by atoms with Gasteiger partial charge in [-0.05, 0) is 17.7 Å². The largest absolute Gasteiger partial charge is 0.497 e. The Morgan fingerprint density at radius 2 is 1.64 bits per heavy atom. The van der Waals surface area contributed by atoms with Crippen molar-refractivity contribution in [2.24, 2.45) is 0 Å². The minimum atomic E-state index is -0.168. The van der Waals surface area contributed by atoms with Gasteiger partial charge in [0.05, 0.1) is 12.8 Å². The smallest absolute Gasteiger partial charge is 0.234 e. The Kier molecular flexibility index (Phi) is 3.92. The predicted molar refractivity (Wildman–Crippen MR) is 83.9 cm³/mol. The van der Waals surface area contributed by atoms with Crippen LogP contribution in [-0.4, -0.2) is 18.9 Å². The standard InChI is InChI=1S/C18H17NO3/c1-22-16-9-5-8-15(12-16)19-17(20)10-14(11-18(19)21)13-6-3-2-4-7-13/h2-9,12,14H,10-11H2,1H3. The van der Waals surface area contributed by atoms with Gasteiger partial charge in [0.15, 0.2) is 0 Å². The lowest BCUT2D eigenvalue weighted by atomic mass is 9.88. The van der Waals surface area contributed by atoms with Crippen molar-refractivity contribution in [1.82, 2.24) is 0 Å². The number of methoxy groups -OCH3 is 1. The van der Waals surface area contributed by atoms with Crippen molar-refractivity contribution in [2.75, 3.05) is 12.0 Å². The molecular weight excluding hydrogens is 278 g/mol. The van der Waals surface area contributed by atoms with Crippen LogP contribution in [0.3, 0.4) is 0 Å². The molecule has 2 aromatic rings. The number of rotatable bonds is 3. The minimum Gasteiger partial charge on any atom is -0.497 e. The summed E-state index contributed by atoms with van der Waals surface area (Å²) in [5, 5.41) is 0. The van der Waals surface area contributed by atoms with E-state index in [4.69, 9.17) is 4.74 Å². The van der Waals surface area contributed by atoms with E-state index in [1.165, 1.54) is 4.90 Å². The van der Waals surface area contributed by atoms with E-state index < -0.39 is 0 Å². The van der Waals surface area contributed by atoms with Crippen molar-refractivity contribution in [1.29, 1.82) is 0 Å². The number of nitrogens with zero attached hydrogens (tertiary/aromatic N) is 1. The molecule has 1 fully saturated rings. The molecule has 1 aliphatic heterocycles. The summed E-state index contributed by atoms with van der Waals surface area (Å²) >= 11 is 0. The Bertz CT molecular complexity index is 678. The van der Waals surface area contributed by atoms with Gasteiger partial charge in [-0.1, -0.05) is 36.4 Å². The quantitative estimate of drug-likeness (QED) is 0.817. The fourth-order valence-electron chi connectivity index (χ4n) is 2.81. The van der Waals surface area contributed by atoms with Crippen molar-refractivity contribution >= 4 is 17.5 Å². The Morgan fingerprint density at radius 3 is 2.27 bits per heavy atom. The second kappa shape index (κ2) is 6.02. The zero-order valence-corrected chi connectivity index (χ0v) is 12.4. The van der Waals surface area contributed by atoms with E-state index in [9.17, 15) is 9.59 Å². The average molecular weight is 295 g/mol. The highest BCUT2D eigenvalue weighted by atomic mass is 16.5. The van der Waals surface area contributed by atoms with Crippen molar-refractivity contribution in [2.45, 2.75) is 18.8 Å². The van der Waals surface area contributed by atoms with E-state index in [2.05, 4.69) is 0 Å². The lowest BCUT2D eigenvalue weighted by molar-refractivity contribution is -0.129.